The van der Waals surface area contributed by atoms with Crippen LogP contribution in [0, 0.1) is 0 Å². The number of hydrogen-bond donors (Lipinski definition) is 2. The summed E-state index contributed by atoms with van der Waals surface area (Å²) >= 11 is 0. The number of hydrogen-bond acceptors (Lipinski definition) is 5. The second kappa shape index (κ2) is 12.0. The van der Waals surface area contributed by atoms with Crippen LogP contribution < -0.4 is 15.0 Å². The molecule has 0 unspecified atom stereocenters. The van der Waals surface area contributed by atoms with Crippen LogP contribution in [-0.4, -0.2) is 43.6 Å². The number of carbonyl (C=O) groups excluding carboxylic acids is 2. The Morgan fingerprint density at radius 1 is 0.946 bits per heavy atom. The van der Waals surface area contributed by atoms with Crippen molar-refractivity contribution in [1.82, 2.24) is 0 Å². The van der Waals surface area contributed by atoms with Crippen LogP contribution in [0.5, 0.6) is 5.75 Å². The summed E-state index contributed by atoms with van der Waals surface area (Å²) in [5.74, 6) is 0.128. The fourth-order valence-corrected chi connectivity index (χ4v) is 4.06. The zero-order chi connectivity index (χ0) is 26.2. The average Bonchev–Trinajstić information content (AvgIpc) is 2.92. The zero-order valence-corrected chi connectivity index (χ0v) is 21.0. The predicted molar refractivity (Wildman–Crippen MR) is 150 cm³/mol. The largest absolute Gasteiger partial charge is 0.493 e. The van der Waals surface area contributed by atoms with Gasteiger partial charge in [-0.15, -0.1) is 0 Å². The van der Waals surface area contributed by atoms with Crippen molar-refractivity contribution in [2.45, 2.75) is 6.92 Å². The molecule has 0 aliphatic carbocycles. The van der Waals surface area contributed by atoms with Crippen LogP contribution in [0.1, 0.15) is 33.2 Å². The maximum Gasteiger partial charge on any atom is 0.260 e. The molecule has 0 bridgehead atoms. The van der Waals surface area contributed by atoms with Crippen LogP contribution in [0.4, 0.5) is 11.4 Å². The number of amides is 1. The van der Waals surface area contributed by atoms with Gasteiger partial charge in [0.15, 0.2) is 5.78 Å². The third kappa shape index (κ3) is 6.23. The van der Waals surface area contributed by atoms with Crippen molar-refractivity contribution in [2.75, 3.05) is 37.0 Å². The number of aliphatic hydroxyl groups is 1. The number of likely N-dealkylation sites (N-methyl/N-ethyl adjacent to an activating group) is 1. The molecule has 188 valence electrons. The van der Waals surface area contributed by atoms with Crippen LogP contribution in [-0.2, 0) is 0 Å². The lowest BCUT2D eigenvalue weighted by molar-refractivity contribution is 0.102. The maximum atomic E-state index is 13.2. The van der Waals surface area contributed by atoms with Crippen molar-refractivity contribution in [2.24, 2.45) is 0 Å². The number of fused-ring (bicyclic) bond motifs is 1. The van der Waals surface area contributed by atoms with Crippen molar-refractivity contribution < 1.29 is 19.4 Å². The Kier molecular flexibility index (Phi) is 8.33. The molecule has 4 aromatic carbocycles. The van der Waals surface area contributed by atoms with E-state index in [-0.39, 0.29) is 18.3 Å². The van der Waals surface area contributed by atoms with Crippen molar-refractivity contribution in [3.05, 3.63) is 108 Å². The van der Waals surface area contributed by atoms with E-state index in [0.717, 1.165) is 22.0 Å². The fourth-order valence-electron chi connectivity index (χ4n) is 4.06. The van der Waals surface area contributed by atoms with Gasteiger partial charge in [0.2, 0.25) is 0 Å². The highest BCUT2D eigenvalue weighted by atomic mass is 16.5. The Bertz CT molecular complexity index is 1410. The first-order valence-corrected chi connectivity index (χ1v) is 12.2. The number of anilines is 2. The molecule has 6 nitrogen and oxygen atoms in total. The first-order chi connectivity index (χ1) is 18.0. The maximum absolute atomic E-state index is 13.2. The van der Waals surface area contributed by atoms with Gasteiger partial charge in [-0.05, 0) is 71.8 Å². The molecule has 0 aliphatic rings. The molecule has 0 saturated carbocycles. The molecule has 0 aromatic heterocycles. The van der Waals surface area contributed by atoms with Gasteiger partial charge in [-0.3, -0.25) is 9.59 Å². The van der Waals surface area contributed by atoms with Crippen molar-refractivity contribution >= 4 is 39.9 Å². The summed E-state index contributed by atoms with van der Waals surface area (Å²) < 4.78 is 5.72. The minimum absolute atomic E-state index is 0.0899. The van der Waals surface area contributed by atoms with Crippen LogP contribution in [0.3, 0.4) is 0 Å². The molecule has 0 fully saturated rings. The molecule has 4 aromatic rings. The summed E-state index contributed by atoms with van der Waals surface area (Å²) in [5.41, 5.74) is 3.49. The normalized spacial score (nSPS) is 11.0. The number of nitrogens with zero attached hydrogens (tertiary/aromatic N) is 1. The standard InChI is InChI=1S/C31H30N2O4/c1-3-37-29-19-13-23-6-4-5-7-27(23)30(29)31(36)32-25-14-11-24(12-15-25)28(35)18-10-22-8-16-26(17-9-22)33(2)20-21-34/h4-19,34H,3,20-21H2,1-2H3,(H,32,36)/b18-10+. The van der Waals surface area contributed by atoms with Gasteiger partial charge in [-0.1, -0.05) is 48.5 Å². The van der Waals surface area contributed by atoms with E-state index in [9.17, 15) is 9.59 Å². The molecule has 0 spiro atoms. The van der Waals surface area contributed by atoms with E-state index in [1.54, 1.807) is 30.3 Å². The van der Waals surface area contributed by atoms with E-state index in [2.05, 4.69) is 5.32 Å². The summed E-state index contributed by atoms with van der Waals surface area (Å²) in [5, 5.41) is 13.8. The highest BCUT2D eigenvalue weighted by Crippen LogP contribution is 2.29. The van der Waals surface area contributed by atoms with Gasteiger partial charge in [0, 0.05) is 30.5 Å². The molecular formula is C31H30N2O4. The lowest BCUT2D eigenvalue weighted by Crippen LogP contribution is -2.20. The van der Waals surface area contributed by atoms with E-state index >= 15 is 0 Å². The number of aliphatic hydroxyl groups excluding tert-OH is 1. The Labute approximate surface area is 216 Å². The second-order valence-corrected chi connectivity index (χ2v) is 8.56. The van der Waals surface area contributed by atoms with Crippen molar-refractivity contribution in [3.8, 4) is 5.75 Å². The van der Waals surface area contributed by atoms with Gasteiger partial charge in [0.1, 0.15) is 5.75 Å². The smallest absolute Gasteiger partial charge is 0.260 e. The topological polar surface area (TPSA) is 78.9 Å². The molecule has 0 saturated heterocycles. The van der Waals surface area contributed by atoms with E-state index in [1.807, 2.05) is 79.5 Å². The van der Waals surface area contributed by atoms with Crippen molar-refractivity contribution in [3.63, 3.8) is 0 Å². The lowest BCUT2D eigenvalue weighted by Gasteiger charge is -2.17. The summed E-state index contributed by atoms with van der Waals surface area (Å²) in [4.78, 5) is 27.8. The number of nitrogens with one attached hydrogen (secondary N) is 1. The Morgan fingerprint density at radius 2 is 1.68 bits per heavy atom. The second-order valence-electron chi connectivity index (χ2n) is 8.56. The average molecular weight is 495 g/mol. The first-order valence-electron chi connectivity index (χ1n) is 12.2. The van der Waals surface area contributed by atoms with Gasteiger partial charge in [0.05, 0.1) is 18.8 Å². The van der Waals surface area contributed by atoms with Gasteiger partial charge in [-0.25, -0.2) is 0 Å². The molecule has 0 aliphatic heterocycles. The predicted octanol–water partition coefficient (Wildman–Crippen LogP) is 5.82. The third-order valence-corrected chi connectivity index (χ3v) is 6.04. The minimum Gasteiger partial charge on any atom is -0.493 e. The zero-order valence-electron chi connectivity index (χ0n) is 21.0. The Hall–Kier alpha value is -4.42. The molecule has 0 atom stereocenters. The van der Waals surface area contributed by atoms with E-state index in [1.165, 1.54) is 6.08 Å². The Balaban J connectivity index is 1.45. The summed E-state index contributed by atoms with van der Waals surface area (Å²) in [6.45, 7) is 2.98. The molecule has 37 heavy (non-hydrogen) atoms. The van der Waals surface area contributed by atoms with Gasteiger partial charge >= 0.3 is 0 Å². The number of carbonyl (C=O) groups is 2. The molecule has 1 amide bonds. The van der Waals surface area contributed by atoms with E-state index in [0.29, 0.717) is 35.7 Å². The molecule has 0 radical (unpaired) electrons. The number of rotatable bonds is 10. The number of ether oxygens (including phenoxy) is 1. The summed E-state index contributed by atoms with van der Waals surface area (Å²) in [6.07, 6.45) is 3.30. The fraction of sp³-hybridized carbons (Fsp3) is 0.161. The number of ketones is 1. The minimum atomic E-state index is -0.271. The summed E-state index contributed by atoms with van der Waals surface area (Å²) in [7, 11) is 1.91. The third-order valence-electron chi connectivity index (χ3n) is 6.04. The lowest BCUT2D eigenvalue weighted by atomic mass is 10.0. The van der Waals surface area contributed by atoms with Crippen LogP contribution in [0.15, 0.2) is 91.0 Å². The van der Waals surface area contributed by atoms with Crippen molar-refractivity contribution in [1.29, 1.82) is 0 Å². The van der Waals surface area contributed by atoms with E-state index < -0.39 is 0 Å². The quantitative estimate of drug-likeness (QED) is 0.215. The monoisotopic (exact) mass is 494 g/mol. The molecule has 0 heterocycles. The highest BCUT2D eigenvalue weighted by molar-refractivity contribution is 6.15. The first kappa shape index (κ1) is 25.7. The Morgan fingerprint density at radius 3 is 2.38 bits per heavy atom. The molecule has 6 heteroatoms. The summed E-state index contributed by atoms with van der Waals surface area (Å²) in [6, 6.07) is 26.0. The van der Waals surface area contributed by atoms with Gasteiger partial charge < -0.3 is 20.1 Å². The SMILES string of the molecule is CCOc1ccc2ccccc2c1C(=O)Nc1ccc(C(=O)/C=C/c2ccc(N(C)CCO)cc2)cc1. The highest BCUT2D eigenvalue weighted by Gasteiger charge is 2.17. The van der Waals surface area contributed by atoms with E-state index in [4.69, 9.17) is 9.84 Å². The van der Waals surface area contributed by atoms with Gasteiger partial charge in [0.25, 0.3) is 5.91 Å². The molecular weight excluding hydrogens is 464 g/mol. The molecule has 4 rings (SSSR count). The van der Waals surface area contributed by atoms with Crippen LogP contribution in [0.25, 0.3) is 16.8 Å². The number of allylic oxidation sites excluding steroid dienone is 1. The number of benzene rings is 4. The van der Waals surface area contributed by atoms with Gasteiger partial charge in [-0.2, -0.15) is 0 Å². The van der Waals surface area contributed by atoms with Crippen LogP contribution >= 0.6 is 0 Å². The molecule has 2 N–H and O–H groups in total. The van der Waals surface area contributed by atoms with Crippen LogP contribution in [0.2, 0.25) is 0 Å².